The number of aromatic amines is 1. The number of rotatable bonds is 3. The Morgan fingerprint density at radius 2 is 1.86 bits per heavy atom. The number of thiophene rings is 1. The molecule has 0 bridgehead atoms. The van der Waals surface area contributed by atoms with Gasteiger partial charge in [0.1, 0.15) is 5.82 Å². The summed E-state index contributed by atoms with van der Waals surface area (Å²) >= 11 is 1.77. The van der Waals surface area contributed by atoms with Gasteiger partial charge >= 0.3 is 0 Å². The maximum Gasteiger partial charge on any atom is 0.118 e. The lowest BCUT2D eigenvalue weighted by Gasteiger charge is -2.16. The quantitative estimate of drug-likeness (QED) is 0.576. The van der Waals surface area contributed by atoms with Crippen LogP contribution in [-0.2, 0) is 0 Å². The SMILES string of the molecule is c1csc(C(c2ncc[nH]2)c2cccc3ccccc23)c1. The molecule has 2 aromatic carbocycles. The van der Waals surface area contributed by atoms with Crippen LogP contribution in [0.25, 0.3) is 10.8 Å². The van der Waals surface area contributed by atoms with Crippen molar-refractivity contribution in [3.05, 3.63) is 88.6 Å². The minimum Gasteiger partial charge on any atom is -0.348 e. The predicted molar refractivity (Wildman–Crippen MR) is 87.8 cm³/mol. The molecule has 0 spiro atoms. The smallest absolute Gasteiger partial charge is 0.118 e. The van der Waals surface area contributed by atoms with Crippen LogP contribution in [0, 0.1) is 0 Å². The second-order valence-corrected chi connectivity index (χ2v) is 5.97. The molecule has 2 aromatic heterocycles. The molecule has 1 atom stereocenters. The first-order valence-electron chi connectivity index (χ1n) is 6.94. The Morgan fingerprint density at radius 3 is 2.67 bits per heavy atom. The summed E-state index contributed by atoms with van der Waals surface area (Å²) in [6, 6.07) is 19.3. The zero-order chi connectivity index (χ0) is 14.1. The molecule has 1 N–H and O–H groups in total. The lowest BCUT2D eigenvalue weighted by molar-refractivity contribution is 0.910. The molecule has 0 saturated carbocycles. The number of aromatic nitrogens is 2. The number of fused-ring (bicyclic) bond motifs is 1. The summed E-state index contributed by atoms with van der Waals surface area (Å²) in [4.78, 5) is 9.10. The standard InChI is InChI=1S/C18H14N2S/c1-2-7-14-13(5-1)6-3-8-15(14)17(16-9-4-12-21-16)18-19-10-11-20-18/h1-12,17H,(H,19,20). The summed E-state index contributed by atoms with van der Waals surface area (Å²) in [7, 11) is 0. The number of imidazole rings is 1. The van der Waals surface area contributed by atoms with Crippen LogP contribution >= 0.6 is 11.3 Å². The minimum atomic E-state index is 0.158. The van der Waals surface area contributed by atoms with E-state index in [1.54, 1.807) is 11.3 Å². The lowest BCUT2D eigenvalue weighted by Crippen LogP contribution is -2.04. The van der Waals surface area contributed by atoms with Crippen molar-refractivity contribution in [3.63, 3.8) is 0 Å². The molecule has 0 amide bonds. The molecule has 0 aliphatic heterocycles. The summed E-state index contributed by atoms with van der Waals surface area (Å²) in [5.74, 6) is 1.15. The minimum absolute atomic E-state index is 0.158. The van der Waals surface area contributed by atoms with Crippen LogP contribution in [0.4, 0.5) is 0 Å². The van der Waals surface area contributed by atoms with Crippen molar-refractivity contribution in [2.75, 3.05) is 0 Å². The molecule has 0 saturated heterocycles. The second-order valence-electron chi connectivity index (χ2n) is 4.99. The fourth-order valence-electron chi connectivity index (χ4n) is 2.83. The van der Waals surface area contributed by atoms with Crippen molar-refractivity contribution >= 4 is 22.1 Å². The third-order valence-corrected chi connectivity index (χ3v) is 4.69. The summed E-state index contributed by atoms with van der Waals surface area (Å²) in [5, 5.41) is 4.68. The molecule has 2 nitrogen and oxygen atoms in total. The lowest BCUT2D eigenvalue weighted by atomic mass is 9.91. The highest BCUT2D eigenvalue weighted by molar-refractivity contribution is 7.10. The fourth-order valence-corrected chi connectivity index (χ4v) is 3.67. The van der Waals surface area contributed by atoms with Crippen molar-refractivity contribution < 1.29 is 0 Å². The van der Waals surface area contributed by atoms with Crippen molar-refractivity contribution in [2.45, 2.75) is 5.92 Å². The van der Waals surface area contributed by atoms with E-state index in [1.807, 2.05) is 12.4 Å². The molecule has 4 aromatic rings. The normalized spacial score (nSPS) is 12.6. The molecule has 2 heterocycles. The van der Waals surface area contributed by atoms with E-state index >= 15 is 0 Å². The van der Waals surface area contributed by atoms with Gasteiger partial charge in [0.2, 0.25) is 0 Å². The first-order chi connectivity index (χ1) is 10.4. The van der Waals surface area contributed by atoms with Gasteiger partial charge in [-0.25, -0.2) is 4.98 Å². The molecule has 0 radical (unpaired) electrons. The molecular formula is C18H14N2S. The van der Waals surface area contributed by atoms with Crippen molar-refractivity contribution in [1.29, 1.82) is 0 Å². The summed E-state index contributed by atoms with van der Waals surface area (Å²) in [6.45, 7) is 0. The highest BCUT2D eigenvalue weighted by atomic mass is 32.1. The third kappa shape index (κ3) is 2.16. The Labute approximate surface area is 127 Å². The van der Waals surface area contributed by atoms with E-state index in [-0.39, 0.29) is 5.92 Å². The van der Waals surface area contributed by atoms with E-state index < -0.39 is 0 Å². The summed E-state index contributed by atoms with van der Waals surface area (Å²) < 4.78 is 0. The van der Waals surface area contributed by atoms with E-state index in [9.17, 15) is 0 Å². The Morgan fingerprint density at radius 1 is 0.952 bits per heavy atom. The van der Waals surface area contributed by atoms with Crippen LogP contribution < -0.4 is 0 Å². The third-order valence-electron chi connectivity index (χ3n) is 3.75. The van der Waals surface area contributed by atoms with Gasteiger partial charge in [-0.3, -0.25) is 0 Å². The van der Waals surface area contributed by atoms with Gasteiger partial charge in [-0.15, -0.1) is 11.3 Å². The largest absolute Gasteiger partial charge is 0.348 e. The molecule has 102 valence electrons. The van der Waals surface area contributed by atoms with E-state index in [0.717, 1.165) is 5.82 Å². The molecule has 1 unspecified atom stereocenters. The zero-order valence-corrected chi connectivity index (χ0v) is 12.2. The Bertz CT molecular complexity index is 808. The molecule has 3 heteroatoms. The van der Waals surface area contributed by atoms with Crippen LogP contribution in [0.2, 0.25) is 0 Å². The molecule has 4 rings (SSSR count). The Kier molecular flexibility index (Phi) is 3.05. The highest BCUT2D eigenvalue weighted by Gasteiger charge is 2.21. The van der Waals surface area contributed by atoms with Crippen LogP contribution in [-0.4, -0.2) is 9.97 Å². The first kappa shape index (κ1) is 12.4. The number of benzene rings is 2. The van der Waals surface area contributed by atoms with Crippen LogP contribution in [0.5, 0.6) is 0 Å². The number of hydrogen-bond donors (Lipinski definition) is 1. The van der Waals surface area contributed by atoms with E-state index in [2.05, 4.69) is 69.9 Å². The first-order valence-corrected chi connectivity index (χ1v) is 7.82. The van der Waals surface area contributed by atoms with Gasteiger partial charge in [-0.1, -0.05) is 48.5 Å². The zero-order valence-electron chi connectivity index (χ0n) is 11.4. The second kappa shape index (κ2) is 5.19. The average Bonchev–Trinajstić information content (AvgIpc) is 3.22. The summed E-state index contributed by atoms with van der Waals surface area (Å²) in [6.07, 6.45) is 3.71. The van der Waals surface area contributed by atoms with Crippen molar-refractivity contribution in [3.8, 4) is 0 Å². The Balaban J connectivity index is 1.98. The molecule has 21 heavy (non-hydrogen) atoms. The van der Waals surface area contributed by atoms with Crippen LogP contribution in [0.15, 0.2) is 72.4 Å². The van der Waals surface area contributed by atoms with E-state index in [4.69, 9.17) is 0 Å². The van der Waals surface area contributed by atoms with Gasteiger partial charge in [-0.2, -0.15) is 0 Å². The van der Waals surface area contributed by atoms with Gasteiger partial charge in [-0.05, 0) is 27.8 Å². The van der Waals surface area contributed by atoms with Gasteiger partial charge < -0.3 is 4.98 Å². The number of nitrogens with zero attached hydrogens (tertiary/aromatic N) is 1. The van der Waals surface area contributed by atoms with Gasteiger partial charge in [0, 0.05) is 17.3 Å². The average molecular weight is 290 g/mol. The molecule has 0 aliphatic carbocycles. The maximum atomic E-state index is 4.51. The van der Waals surface area contributed by atoms with E-state index in [1.165, 1.54) is 21.2 Å². The maximum absolute atomic E-state index is 4.51. The Hall–Kier alpha value is -2.39. The number of hydrogen-bond acceptors (Lipinski definition) is 2. The van der Waals surface area contributed by atoms with Gasteiger partial charge in [0.15, 0.2) is 0 Å². The molecule has 0 fully saturated rings. The fraction of sp³-hybridized carbons (Fsp3) is 0.0556. The van der Waals surface area contributed by atoms with Crippen LogP contribution in [0.1, 0.15) is 22.2 Å². The van der Waals surface area contributed by atoms with Crippen molar-refractivity contribution in [2.24, 2.45) is 0 Å². The van der Waals surface area contributed by atoms with Crippen molar-refractivity contribution in [1.82, 2.24) is 9.97 Å². The number of nitrogens with one attached hydrogen (secondary N) is 1. The van der Waals surface area contributed by atoms with Gasteiger partial charge in [0.25, 0.3) is 0 Å². The number of H-pyrrole nitrogens is 1. The monoisotopic (exact) mass is 290 g/mol. The summed E-state index contributed by atoms with van der Waals surface area (Å²) in [5.41, 5.74) is 1.30. The predicted octanol–water partition coefficient (Wildman–Crippen LogP) is 4.80. The topological polar surface area (TPSA) is 28.7 Å². The van der Waals surface area contributed by atoms with Gasteiger partial charge in [0.05, 0.1) is 5.92 Å². The van der Waals surface area contributed by atoms with E-state index in [0.29, 0.717) is 0 Å². The highest BCUT2D eigenvalue weighted by Crippen LogP contribution is 2.36. The van der Waals surface area contributed by atoms with Crippen LogP contribution in [0.3, 0.4) is 0 Å². The molecular weight excluding hydrogens is 276 g/mol. The molecule has 0 aliphatic rings.